The third-order valence-electron chi connectivity index (χ3n) is 15.1. The van der Waals surface area contributed by atoms with Gasteiger partial charge in [-0.05, 0) is 98.9 Å². The Morgan fingerprint density at radius 2 is 1.10 bits per heavy atom. The number of carbonyl (C=O) groups is 2. The molecule has 0 spiro atoms. The Kier molecular flexibility index (Phi) is 12.5. The molecule has 5 heterocycles. The van der Waals surface area contributed by atoms with Gasteiger partial charge in [-0.15, -0.1) is 0 Å². The second-order valence-corrected chi connectivity index (χ2v) is 19.8. The normalized spacial score (nSPS) is 20.5. The Labute approximate surface area is 403 Å². The average Bonchev–Trinajstić information content (AvgIpc) is 3.87. The maximum absolute atomic E-state index is 15.1. The second-order valence-electron chi connectivity index (χ2n) is 19.0. The van der Waals surface area contributed by atoms with Crippen LogP contribution < -0.4 is 9.47 Å². The summed E-state index contributed by atoms with van der Waals surface area (Å²) in [6, 6.07) is 19.4. The Bertz CT molecular complexity index is 2830. The molecule has 11 nitrogen and oxygen atoms in total. The van der Waals surface area contributed by atoms with Crippen LogP contribution in [0.1, 0.15) is 86.6 Å². The van der Waals surface area contributed by atoms with Gasteiger partial charge in [-0.1, -0.05) is 60.3 Å². The SMILES string of the molecule is COC(=O)N1CCN(C(=O)c2oc3cc(OC4CCN(C5CCC5)CC4)c(Cl)cc3c2-c2ccc(F)cc2)CC1c1oc2cc(OC3CCN(C4CCC4)CC3)c(Cl)cc2c1-c1ccc(F)cc1. The molecule has 3 saturated heterocycles. The molecule has 2 aliphatic carbocycles. The summed E-state index contributed by atoms with van der Waals surface area (Å²) in [5.41, 5.74) is 3.05. The van der Waals surface area contributed by atoms with Crippen LogP contribution in [0.15, 0.2) is 81.6 Å². The number of carbonyl (C=O) groups excluding carboxylic acids is 2. The summed E-state index contributed by atoms with van der Waals surface area (Å²) in [4.78, 5) is 37.1. The average molecular weight is 968 g/mol. The highest BCUT2D eigenvalue weighted by Crippen LogP contribution is 2.46. The van der Waals surface area contributed by atoms with Gasteiger partial charge in [-0.2, -0.15) is 0 Å². The van der Waals surface area contributed by atoms with Crippen molar-refractivity contribution in [2.24, 2.45) is 0 Å². The van der Waals surface area contributed by atoms with Gasteiger partial charge in [0, 0.05) is 91.9 Å². The fourth-order valence-corrected chi connectivity index (χ4v) is 11.3. The van der Waals surface area contributed by atoms with E-state index < -0.39 is 29.7 Å². The maximum Gasteiger partial charge on any atom is 0.410 e. The zero-order valence-electron chi connectivity index (χ0n) is 38.0. The molecule has 2 aromatic heterocycles. The highest BCUT2D eigenvalue weighted by atomic mass is 35.5. The third-order valence-corrected chi connectivity index (χ3v) is 15.7. The number of furan rings is 2. The van der Waals surface area contributed by atoms with Crippen LogP contribution in [-0.4, -0.2) is 109 Å². The van der Waals surface area contributed by atoms with Crippen molar-refractivity contribution in [2.45, 2.75) is 94.5 Å². The number of nitrogens with zero attached hydrogens (tertiary/aromatic N) is 4. The van der Waals surface area contributed by atoms with Crippen LogP contribution in [-0.2, 0) is 4.74 Å². The summed E-state index contributed by atoms with van der Waals surface area (Å²) in [6.45, 7) is 4.04. The number of hydrogen-bond acceptors (Lipinski definition) is 9. The quantitative estimate of drug-likeness (QED) is 0.133. The topological polar surface area (TPSA) is 101 Å². The van der Waals surface area contributed by atoms with Gasteiger partial charge in [0.25, 0.3) is 5.91 Å². The first-order valence-electron chi connectivity index (χ1n) is 24.1. The molecular weight excluding hydrogens is 914 g/mol. The van der Waals surface area contributed by atoms with Crippen molar-refractivity contribution < 1.29 is 41.4 Å². The maximum atomic E-state index is 15.1. The minimum absolute atomic E-state index is 0.0205. The molecule has 3 aliphatic heterocycles. The van der Waals surface area contributed by atoms with Crippen molar-refractivity contribution in [1.29, 1.82) is 0 Å². The third kappa shape index (κ3) is 8.69. The lowest BCUT2D eigenvalue weighted by molar-refractivity contribution is 0.0373. The van der Waals surface area contributed by atoms with E-state index in [4.69, 9.17) is 46.2 Å². The number of fused-ring (bicyclic) bond motifs is 2. The first-order chi connectivity index (χ1) is 33.1. The van der Waals surface area contributed by atoms with E-state index >= 15 is 4.79 Å². The molecule has 5 aliphatic rings. The van der Waals surface area contributed by atoms with Gasteiger partial charge in [0.05, 0.1) is 17.2 Å². The van der Waals surface area contributed by atoms with E-state index in [1.807, 2.05) is 0 Å². The number of hydrogen-bond donors (Lipinski definition) is 0. The van der Waals surface area contributed by atoms with Crippen molar-refractivity contribution >= 4 is 57.1 Å². The van der Waals surface area contributed by atoms with Crippen LogP contribution in [0, 0.1) is 11.6 Å². The lowest BCUT2D eigenvalue weighted by Crippen LogP contribution is -2.52. The molecule has 11 rings (SSSR count). The molecule has 0 bridgehead atoms. The molecule has 1 unspecified atom stereocenters. The predicted octanol–water partition coefficient (Wildman–Crippen LogP) is 12.2. The first-order valence-corrected chi connectivity index (χ1v) is 24.8. The number of likely N-dealkylation sites (tertiary alicyclic amines) is 2. The minimum Gasteiger partial charge on any atom is -0.489 e. The monoisotopic (exact) mass is 966 g/mol. The lowest BCUT2D eigenvalue weighted by Gasteiger charge is -2.41. The van der Waals surface area contributed by atoms with Gasteiger partial charge in [0.1, 0.15) is 58.3 Å². The van der Waals surface area contributed by atoms with Gasteiger partial charge in [0.15, 0.2) is 0 Å². The molecule has 0 radical (unpaired) electrons. The number of halogens is 4. The first kappa shape index (κ1) is 45.1. The fraction of sp³-hybridized carbons (Fsp3) is 0.434. The number of piperidine rings is 2. The smallest absolute Gasteiger partial charge is 0.410 e. The van der Waals surface area contributed by atoms with E-state index in [1.54, 1.807) is 53.4 Å². The molecule has 356 valence electrons. The van der Waals surface area contributed by atoms with E-state index in [2.05, 4.69) is 9.80 Å². The van der Waals surface area contributed by atoms with Crippen molar-refractivity contribution in [3.8, 4) is 33.8 Å². The number of benzene rings is 4. The van der Waals surface area contributed by atoms with Gasteiger partial charge in [0.2, 0.25) is 5.76 Å². The van der Waals surface area contributed by atoms with E-state index in [9.17, 15) is 13.6 Å². The number of rotatable bonds is 10. The Morgan fingerprint density at radius 1 is 0.618 bits per heavy atom. The minimum atomic E-state index is -0.879. The molecule has 5 fully saturated rings. The van der Waals surface area contributed by atoms with Crippen molar-refractivity contribution in [2.75, 3.05) is 52.9 Å². The van der Waals surface area contributed by atoms with Crippen LogP contribution in [0.3, 0.4) is 0 Å². The van der Waals surface area contributed by atoms with Gasteiger partial charge < -0.3 is 37.7 Å². The van der Waals surface area contributed by atoms with Crippen LogP contribution in [0.25, 0.3) is 44.2 Å². The fourth-order valence-electron chi connectivity index (χ4n) is 10.8. The molecule has 0 N–H and O–H groups in total. The molecule has 1 atom stereocenters. The van der Waals surface area contributed by atoms with Gasteiger partial charge in [-0.25, -0.2) is 13.6 Å². The second kappa shape index (κ2) is 18.9. The lowest BCUT2D eigenvalue weighted by atomic mass is 9.90. The van der Waals surface area contributed by atoms with Crippen LogP contribution in [0.2, 0.25) is 10.0 Å². The molecule has 4 aromatic carbocycles. The van der Waals surface area contributed by atoms with Crippen molar-refractivity contribution in [1.82, 2.24) is 19.6 Å². The standard InChI is InChI=1S/C53H54Cl2F2N4O7/c1-64-53(63)61-25-24-60(52(62)51-49(32-10-14-34(57)15-11-32)40-27-42(55)47(29-45(40)68-51)66-38-18-22-59(23-19-38)36-6-3-7-36)30-43(61)50-48(31-8-12-33(56)13-9-31)39-26-41(54)46(28-44(39)67-50)65-37-16-20-58(21-17-37)35-4-2-5-35/h8-15,26-29,35-38,43H,2-7,16-25,30H2,1H3. The Balaban J connectivity index is 0.932. The van der Waals surface area contributed by atoms with E-state index in [0.29, 0.717) is 83.6 Å². The molecule has 2 amide bonds. The molecule has 2 saturated carbocycles. The van der Waals surface area contributed by atoms with E-state index in [-0.39, 0.29) is 37.6 Å². The van der Waals surface area contributed by atoms with Crippen LogP contribution in [0.5, 0.6) is 11.5 Å². The largest absolute Gasteiger partial charge is 0.489 e. The Hall–Kier alpha value is -5.34. The summed E-state index contributed by atoms with van der Waals surface area (Å²) in [7, 11) is 1.31. The summed E-state index contributed by atoms with van der Waals surface area (Å²) in [5.74, 6) is 0.0184. The van der Waals surface area contributed by atoms with Crippen LogP contribution >= 0.6 is 23.2 Å². The summed E-state index contributed by atoms with van der Waals surface area (Å²) >= 11 is 14.0. The van der Waals surface area contributed by atoms with Crippen molar-refractivity contribution in [3.63, 3.8) is 0 Å². The number of methoxy groups -OCH3 is 1. The van der Waals surface area contributed by atoms with Crippen LogP contribution in [0.4, 0.5) is 13.6 Å². The summed E-state index contributed by atoms with van der Waals surface area (Å²) < 4.78 is 60.6. The number of ether oxygens (including phenoxy) is 3. The number of piperazine rings is 1. The zero-order valence-corrected chi connectivity index (χ0v) is 39.5. The molecule has 6 aromatic rings. The number of amides is 2. The van der Waals surface area contributed by atoms with Gasteiger partial charge >= 0.3 is 6.09 Å². The highest BCUT2D eigenvalue weighted by molar-refractivity contribution is 6.33. The molecule has 15 heteroatoms. The van der Waals surface area contributed by atoms with Gasteiger partial charge in [-0.3, -0.25) is 9.69 Å². The Morgan fingerprint density at radius 3 is 1.59 bits per heavy atom. The zero-order chi connectivity index (χ0) is 46.6. The molecular formula is C53H54Cl2F2N4O7. The van der Waals surface area contributed by atoms with Crippen molar-refractivity contribution in [3.05, 3.63) is 106 Å². The molecule has 68 heavy (non-hydrogen) atoms. The highest BCUT2D eigenvalue weighted by Gasteiger charge is 2.41. The summed E-state index contributed by atoms with van der Waals surface area (Å²) in [6.07, 6.45) is 10.5. The summed E-state index contributed by atoms with van der Waals surface area (Å²) in [5, 5.41) is 1.96. The van der Waals surface area contributed by atoms with E-state index in [0.717, 1.165) is 51.9 Å². The predicted molar refractivity (Wildman–Crippen MR) is 257 cm³/mol. The van der Waals surface area contributed by atoms with E-state index in [1.165, 1.54) is 74.8 Å².